The summed E-state index contributed by atoms with van der Waals surface area (Å²) >= 11 is 0. The third kappa shape index (κ3) is 3.73. The highest BCUT2D eigenvalue weighted by atomic mass is 16.1. The second-order valence-corrected chi connectivity index (χ2v) is 13.1. The fourth-order valence-electron chi connectivity index (χ4n) is 9.71. The van der Waals surface area contributed by atoms with Gasteiger partial charge in [0.15, 0.2) is 0 Å². The first-order valence-electron chi connectivity index (χ1n) is 13.7. The van der Waals surface area contributed by atoms with E-state index in [-0.39, 0.29) is 0 Å². The molecule has 0 radical (unpaired) electrons. The number of hydrogen-bond donors (Lipinski definition) is 0. The first kappa shape index (κ1) is 22.8. The van der Waals surface area contributed by atoms with Crippen LogP contribution in [0.5, 0.6) is 0 Å². The van der Waals surface area contributed by atoms with Gasteiger partial charge in [-0.05, 0) is 110 Å². The van der Waals surface area contributed by atoms with Crippen LogP contribution in [0.3, 0.4) is 0 Å². The second kappa shape index (κ2) is 8.55. The Labute approximate surface area is 187 Å². The summed E-state index contributed by atoms with van der Waals surface area (Å²) in [5.41, 5.74) is 1.06. The summed E-state index contributed by atoms with van der Waals surface area (Å²) in [4.78, 5) is 12.1. The zero-order valence-corrected chi connectivity index (χ0v) is 21.0. The van der Waals surface area contributed by atoms with Gasteiger partial charge in [0.2, 0.25) is 0 Å². The lowest BCUT2D eigenvalue weighted by atomic mass is 9.44. The Hall–Kier alpha value is -0.330. The highest BCUT2D eigenvalue weighted by Crippen LogP contribution is 2.68. The predicted molar refractivity (Wildman–Crippen MR) is 127 cm³/mol. The zero-order chi connectivity index (χ0) is 21.7. The van der Waals surface area contributed by atoms with Gasteiger partial charge in [0.25, 0.3) is 0 Å². The topological polar surface area (TPSA) is 17.1 Å². The van der Waals surface area contributed by atoms with Crippen LogP contribution in [0.25, 0.3) is 0 Å². The van der Waals surface area contributed by atoms with E-state index < -0.39 is 0 Å². The van der Waals surface area contributed by atoms with Gasteiger partial charge in [0.1, 0.15) is 5.78 Å². The van der Waals surface area contributed by atoms with Crippen LogP contribution in [0.4, 0.5) is 0 Å². The smallest absolute Gasteiger partial charge is 0.133 e. The molecule has 0 N–H and O–H groups in total. The SMILES string of the molecule is CC[C@@H](CC[C@@H](C)[C@H]1CC[C@H]2[C@@H]3CC[C@@H]4CC(=O)CC[C@]4(C)[C@H]3CC[C@]12C)C(C)C. The van der Waals surface area contributed by atoms with Crippen LogP contribution in [0.15, 0.2) is 0 Å². The molecule has 0 spiro atoms. The van der Waals surface area contributed by atoms with Crippen molar-refractivity contribution >= 4 is 5.78 Å². The third-order valence-electron chi connectivity index (χ3n) is 11.7. The molecule has 4 aliphatic rings. The Kier molecular flexibility index (Phi) is 6.51. The second-order valence-electron chi connectivity index (χ2n) is 13.1. The van der Waals surface area contributed by atoms with Crippen molar-refractivity contribution in [1.29, 1.82) is 0 Å². The number of carbonyl (C=O) groups is 1. The van der Waals surface area contributed by atoms with Gasteiger partial charge in [0, 0.05) is 12.8 Å². The van der Waals surface area contributed by atoms with Crippen LogP contribution in [-0.2, 0) is 4.79 Å². The van der Waals surface area contributed by atoms with Crippen molar-refractivity contribution in [2.24, 2.45) is 58.2 Å². The van der Waals surface area contributed by atoms with Gasteiger partial charge in [0.05, 0.1) is 0 Å². The van der Waals surface area contributed by atoms with E-state index in [0.29, 0.717) is 22.5 Å². The molecule has 4 fully saturated rings. The maximum absolute atomic E-state index is 12.1. The molecule has 1 nitrogen and oxygen atoms in total. The summed E-state index contributed by atoms with van der Waals surface area (Å²) in [6.07, 6.45) is 15.8. The largest absolute Gasteiger partial charge is 0.300 e. The van der Waals surface area contributed by atoms with E-state index in [9.17, 15) is 4.79 Å². The molecule has 1 heteroatoms. The molecule has 30 heavy (non-hydrogen) atoms. The Morgan fingerprint density at radius 3 is 2.33 bits per heavy atom. The molecule has 4 saturated carbocycles. The molecule has 0 unspecified atom stereocenters. The van der Waals surface area contributed by atoms with E-state index in [2.05, 4.69) is 41.5 Å². The molecule has 0 saturated heterocycles. The summed E-state index contributed by atoms with van der Waals surface area (Å²) in [5, 5.41) is 0. The summed E-state index contributed by atoms with van der Waals surface area (Å²) in [7, 11) is 0. The normalized spacial score (nSPS) is 45.6. The molecule has 0 heterocycles. The maximum Gasteiger partial charge on any atom is 0.133 e. The van der Waals surface area contributed by atoms with Crippen molar-refractivity contribution in [3.05, 3.63) is 0 Å². The molecule has 0 aliphatic heterocycles. The lowest BCUT2D eigenvalue weighted by Gasteiger charge is -2.60. The highest BCUT2D eigenvalue weighted by Gasteiger charge is 2.60. The Morgan fingerprint density at radius 2 is 1.63 bits per heavy atom. The Balaban J connectivity index is 1.45. The van der Waals surface area contributed by atoms with Crippen LogP contribution in [-0.4, -0.2) is 5.78 Å². The van der Waals surface area contributed by atoms with Crippen LogP contribution < -0.4 is 0 Å². The molecule has 0 aromatic carbocycles. The molecule has 0 bridgehead atoms. The van der Waals surface area contributed by atoms with Crippen LogP contribution in [0.1, 0.15) is 119 Å². The van der Waals surface area contributed by atoms with Gasteiger partial charge in [-0.1, -0.05) is 54.4 Å². The summed E-state index contributed by atoms with van der Waals surface area (Å²) < 4.78 is 0. The zero-order valence-electron chi connectivity index (χ0n) is 21.0. The van der Waals surface area contributed by atoms with Gasteiger partial charge < -0.3 is 0 Å². The highest BCUT2D eigenvalue weighted by molar-refractivity contribution is 5.79. The van der Waals surface area contributed by atoms with E-state index in [1.165, 1.54) is 64.2 Å². The fraction of sp³-hybridized carbons (Fsp3) is 0.966. The molecular formula is C29H50O. The van der Waals surface area contributed by atoms with E-state index in [1.54, 1.807) is 0 Å². The number of hydrogen-bond acceptors (Lipinski definition) is 1. The molecular weight excluding hydrogens is 364 g/mol. The van der Waals surface area contributed by atoms with Gasteiger partial charge >= 0.3 is 0 Å². The minimum absolute atomic E-state index is 0.466. The third-order valence-corrected chi connectivity index (χ3v) is 11.7. The monoisotopic (exact) mass is 414 g/mol. The van der Waals surface area contributed by atoms with E-state index in [1.807, 2.05) is 0 Å². The first-order valence-corrected chi connectivity index (χ1v) is 13.7. The number of Topliss-reactive ketones (excluding diaryl/α,β-unsaturated/α-hetero) is 1. The fourth-order valence-corrected chi connectivity index (χ4v) is 9.71. The lowest BCUT2D eigenvalue weighted by Crippen LogP contribution is -2.53. The number of carbonyl (C=O) groups excluding carboxylic acids is 1. The first-order chi connectivity index (χ1) is 14.2. The van der Waals surface area contributed by atoms with Gasteiger partial charge in [-0.25, -0.2) is 0 Å². The molecule has 0 amide bonds. The van der Waals surface area contributed by atoms with Crippen LogP contribution in [0.2, 0.25) is 0 Å². The van der Waals surface area contributed by atoms with Crippen LogP contribution >= 0.6 is 0 Å². The van der Waals surface area contributed by atoms with Crippen molar-refractivity contribution in [2.75, 3.05) is 0 Å². The molecule has 0 aromatic rings. The molecule has 4 rings (SSSR count). The number of ketones is 1. The van der Waals surface area contributed by atoms with Gasteiger partial charge in [-0.3, -0.25) is 4.79 Å². The molecule has 172 valence electrons. The lowest BCUT2D eigenvalue weighted by molar-refractivity contribution is -0.140. The van der Waals surface area contributed by atoms with Crippen molar-refractivity contribution in [1.82, 2.24) is 0 Å². The van der Waals surface area contributed by atoms with E-state index in [0.717, 1.165) is 54.3 Å². The molecule has 0 aromatic heterocycles. The van der Waals surface area contributed by atoms with E-state index in [4.69, 9.17) is 0 Å². The van der Waals surface area contributed by atoms with Gasteiger partial charge in [-0.2, -0.15) is 0 Å². The minimum atomic E-state index is 0.466. The average molecular weight is 415 g/mol. The quantitative estimate of drug-likeness (QED) is 0.427. The Bertz CT molecular complexity index is 622. The predicted octanol–water partition coefficient (Wildman–Crippen LogP) is 8.31. The summed E-state index contributed by atoms with van der Waals surface area (Å²) in [6, 6.07) is 0. The summed E-state index contributed by atoms with van der Waals surface area (Å²) in [5.74, 6) is 7.67. The Morgan fingerprint density at radius 1 is 0.900 bits per heavy atom. The number of fused-ring (bicyclic) bond motifs is 5. The number of rotatable bonds is 6. The average Bonchev–Trinajstić information content (AvgIpc) is 3.06. The summed E-state index contributed by atoms with van der Waals surface area (Å²) in [6.45, 7) is 15.1. The van der Waals surface area contributed by atoms with Gasteiger partial charge in [-0.15, -0.1) is 0 Å². The van der Waals surface area contributed by atoms with Crippen LogP contribution in [0, 0.1) is 58.2 Å². The van der Waals surface area contributed by atoms with Crippen molar-refractivity contribution in [2.45, 2.75) is 119 Å². The minimum Gasteiger partial charge on any atom is -0.300 e. The maximum atomic E-state index is 12.1. The van der Waals surface area contributed by atoms with Crippen molar-refractivity contribution in [3.63, 3.8) is 0 Å². The van der Waals surface area contributed by atoms with Crippen molar-refractivity contribution in [3.8, 4) is 0 Å². The van der Waals surface area contributed by atoms with E-state index >= 15 is 0 Å². The standard InChI is InChI=1S/C29H50O/c1-7-21(19(2)3)9-8-20(4)25-12-13-26-24-11-10-22-18-23(30)14-16-28(22,5)27(24)15-17-29(25,26)6/h19-22,24-27H,7-18H2,1-6H3/t20-,21+,22-,24+,25-,26+,27+,28+,29-/m1/s1. The molecule has 9 atom stereocenters. The van der Waals surface area contributed by atoms with Crippen molar-refractivity contribution < 1.29 is 4.79 Å². The molecule has 4 aliphatic carbocycles.